The third-order valence-electron chi connectivity index (χ3n) is 7.49. The fraction of sp³-hybridized carbons (Fsp3) is 0.647. The molecule has 47 heavy (non-hydrogen) atoms. The maximum absolute atomic E-state index is 13.6. The van der Waals surface area contributed by atoms with Crippen LogP contribution in [0.1, 0.15) is 96.8 Å². The number of ether oxygens (including phenoxy) is 3. The lowest BCUT2D eigenvalue weighted by Crippen LogP contribution is -2.18. The van der Waals surface area contributed by atoms with Crippen LogP contribution < -0.4 is 9.47 Å². The first kappa shape index (κ1) is 44.5. The number of alkyl halides is 3. The topological polar surface area (TPSA) is 61.8 Å². The van der Waals surface area contributed by atoms with E-state index in [1.165, 1.54) is 83.5 Å². The molecule has 2 aromatic rings. The highest BCUT2D eigenvalue weighted by atomic mass is 79.9. The third kappa shape index (κ3) is 17.1. The molecule has 2 unspecified atom stereocenters. The van der Waals surface area contributed by atoms with E-state index in [0.29, 0.717) is 49.2 Å². The van der Waals surface area contributed by atoms with Gasteiger partial charge in [-0.2, -0.15) is 0 Å². The molecule has 0 N–H and O–H groups in total. The van der Waals surface area contributed by atoms with Crippen LogP contribution in [0.2, 0.25) is 0 Å². The molecule has 2 atom stereocenters. The summed E-state index contributed by atoms with van der Waals surface area (Å²) >= 11 is 24.5. The monoisotopic (exact) mass is 1120 g/mol. The molecule has 0 aromatic heterocycles. The van der Waals surface area contributed by atoms with Gasteiger partial charge in [0.1, 0.15) is 24.7 Å². The van der Waals surface area contributed by atoms with Gasteiger partial charge in [-0.3, -0.25) is 0 Å². The maximum Gasteiger partial charge on any atom is 0.206 e. The zero-order valence-corrected chi connectivity index (χ0v) is 38.9. The summed E-state index contributed by atoms with van der Waals surface area (Å²) in [4.78, 5) is 0.374. The Labute approximate surface area is 342 Å². The van der Waals surface area contributed by atoms with E-state index in [1.54, 1.807) is 24.3 Å². The summed E-state index contributed by atoms with van der Waals surface area (Å²) in [5.41, 5.74) is 0. The van der Waals surface area contributed by atoms with E-state index in [2.05, 4.69) is 118 Å². The number of unbranched alkanes of at least 4 members (excludes halogenated alkanes) is 13. The molecule has 0 aliphatic heterocycles. The SMILES string of the molecule is CCCCCCCCCCCCCCCCOCC(Br)COc1c(Br)cc(S(=O)(=O)c2cc(Br)c(OCC(Br)CBr)c(Br)c2)cc1Br. The average molecular weight is 1130 g/mol. The van der Waals surface area contributed by atoms with Gasteiger partial charge in [0.2, 0.25) is 9.84 Å². The van der Waals surface area contributed by atoms with Gasteiger partial charge in [0.05, 0.1) is 43.9 Å². The van der Waals surface area contributed by atoms with Crippen molar-refractivity contribution in [1.82, 2.24) is 0 Å². The predicted octanol–water partition coefficient (Wildman–Crippen LogP) is 13.7. The van der Waals surface area contributed by atoms with Crippen LogP contribution in [0.5, 0.6) is 11.5 Å². The van der Waals surface area contributed by atoms with Gasteiger partial charge in [-0.15, -0.1) is 0 Å². The minimum atomic E-state index is -3.84. The van der Waals surface area contributed by atoms with Crippen molar-refractivity contribution in [2.45, 2.75) is 116 Å². The second-order valence-electron chi connectivity index (χ2n) is 11.6. The quantitative estimate of drug-likeness (QED) is 0.0694. The molecule has 0 heterocycles. The zero-order valence-electron chi connectivity index (χ0n) is 27.0. The first-order chi connectivity index (χ1) is 22.5. The maximum atomic E-state index is 13.6. The van der Waals surface area contributed by atoms with Crippen LogP contribution in [0.15, 0.2) is 51.9 Å². The van der Waals surface area contributed by atoms with E-state index in [1.807, 2.05) is 0 Å². The molecule has 0 radical (unpaired) electrons. The van der Waals surface area contributed by atoms with Crippen molar-refractivity contribution in [3.8, 4) is 11.5 Å². The van der Waals surface area contributed by atoms with Crippen LogP contribution in [-0.2, 0) is 14.6 Å². The van der Waals surface area contributed by atoms with E-state index >= 15 is 0 Å². The van der Waals surface area contributed by atoms with Crippen LogP contribution in [0.25, 0.3) is 0 Å². The molecule has 5 nitrogen and oxygen atoms in total. The van der Waals surface area contributed by atoms with E-state index in [-0.39, 0.29) is 19.4 Å². The van der Waals surface area contributed by atoms with Crippen molar-refractivity contribution in [3.05, 3.63) is 42.2 Å². The summed E-state index contributed by atoms with van der Waals surface area (Å²) in [7, 11) is -3.84. The van der Waals surface area contributed by atoms with E-state index in [0.717, 1.165) is 18.4 Å². The number of hydrogen-bond donors (Lipinski definition) is 0. The van der Waals surface area contributed by atoms with Crippen LogP contribution in [0, 0.1) is 0 Å². The molecule has 0 saturated heterocycles. The van der Waals surface area contributed by atoms with E-state index in [4.69, 9.17) is 14.2 Å². The molecule has 2 aromatic carbocycles. The number of halogens is 7. The van der Waals surface area contributed by atoms with Crippen LogP contribution in [-0.4, -0.2) is 49.8 Å². The molecule has 0 aliphatic carbocycles. The largest absolute Gasteiger partial charge is 0.490 e. The Kier molecular flexibility index (Phi) is 24.0. The summed E-state index contributed by atoms with van der Waals surface area (Å²) in [5, 5.41) is 0.724. The number of hydrogen-bond acceptors (Lipinski definition) is 5. The predicted molar refractivity (Wildman–Crippen MR) is 220 cm³/mol. The Balaban J connectivity index is 1.72. The minimum absolute atomic E-state index is 0.00105. The Morgan fingerprint density at radius 1 is 0.574 bits per heavy atom. The van der Waals surface area contributed by atoms with Gasteiger partial charge in [-0.1, -0.05) is 138 Å². The average Bonchev–Trinajstić information content (AvgIpc) is 3.03. The fourth-order valence-electron chi connectivity index (χ4n) is 4.85. The van der Waals surface area contributed by atoms with Crippen LogP contribution >= 0.6 is 112 Å². The van der Waals surface area contributed by atoms with Gasteiger partial charge in [0, 0.05) is 11.9 Å². The summed E-state index contributed by atoms with van der Waals surface area (Å²) in [6.45, 7) is 4.34. The van der Waals surface area contributed by atoms with Crippen molar-refractivity contribution >= 4 is 121 Å². The van der Waals surface area contributed by atoms with Gasteiger partial charge in [0.25, 0.3) is 0 Å². The molecule has 0 saturated carbocycles. The minimum Gasteiger partial charge on any atom is -0.490 e. The van der Waals surface area contributed by atoms with Gasteiger partial charge >= 0.3 is 0 Å². The smallest absolute Gasteiger partial charge is 0.206 e. The van der Waals surface area contributed by atoms with Crippen molar-refractivity contribution in [2.24, 2.45) is 0 Å². The number of rotatable bonds is 26. The molecule has 0 spiro atoms. The lowest BCUT2D eigenvalue weighted by Gasteiger charge is -2.16. The molecule has 13 heteroatoms. The molecule has 268 valence electrons. The highest BCUT2D eigenvalue weighted by Crippen LogP contribution is 2.41. The molecule has 0 amide bonds. The Bertz CT molecular complexity index is 1250. The van der Waals surface area contributed by atoms with E-state index in [9.17, 15) is 8.42 Å². The lowest BCUT2D eigenvalue weighted by molar-refractivity contribution is 0.121. The van der Waals surface area contributed by atoms with Gasteiger partial charge < -0.3 is 14.2 Å². The van der Waals surface area contributed by atoms with Crippen molar-refractivity contribution in [1.29, 1.82) is 0 Å². The van der Waals surface area contributed by atoms with Gasteiger partial charge in [-0.25, -0.2) is 8.42 Å². The summed E-state index contributed by atoms with van der Waals surface area (Å²) in [6.07, 6.45) is 18.8. The molecule has 2 rings (SSSR count). The Hall–Kier alpha value is 1.31. The van der Waals surface area contributed by atoms with Crippen molar-refractivity contribution < 1.29 is 22.6 Å². The third-order valence-corrected chi connectivity index (χ3v) is 14.3. The highest BCUT2D eigenvalue weighted by molar-refractivity contribution is 9.12. The second kappa shape index (κ2) is 25.3. The summed E-state index contributed by atoms with van der Waals surface area (Å²) < 4.78 is 47.0. The molecule has 0 fully saturated rings. The fourth-order valence-corrected chi connectivity index (χ4v) is 10.3. The molecule has 0 aliphatic rings. The molecular weight excluding hydrogens is 1080 g/mol. The Morgan fingerprint density at radius 3 is 1.32 bits per heavy atom. The normalized spacial score (nSPS) is 13.1. The standard InChI is InChI=1S/C34H47Br7O5S/c1-2-3-4-5-6-7-8-9-10-11-12-13-14-15-16-44-22-26(37)24-46-34-31(40)19-28(20-32(34)41)47(42,43)27-17-29(38)33(30(39)18-27)45-23-25(36)21-35/h17-20,25-26H,2-16,21-24H2,1H3. The number of benzene rings is 2. The second-order valence-corrected chi connectivity index (χ2v) is 20.2. The first-order valence-corrected chi connectivity index (χ1v) is 24.0. The van der Waals surface area contributed by atoms with Gasteiger partial charge in [-0.05, 0) is 94.4 Å². The van der Waals surface area contributed by atoms with E-state index < -0.39 is 9.84 Å². The van der Waals surface area contributed by atoms with Gasteiger partial charge in [0.15, 0.2) is 0 Å². The lowest BCUT2D eigenvalue weighted by atomic mass is 10.0. The molecular formula is C34H47Br7O5S. The summed E-state index contributed by atoms with van der Waals surface area (Å²) in [6, 6.07) is 6.21. The summed E-state index contributed by atoms with van der Waals surface area (Å²) in [5.74, 6) is 1.07. The Morgan fingerprint density at radius 2 is 0.936 bits per heavy atom. The van der Waals surface area contributed by atoms with Crippen LogP contribution in [0.3, 0.4) is 0 Å². The van der Waals surface area contributed by atoms with Crippen molar-refractivity contribution in [2.75, 3.05) is 31.8 Å². The van der Waals surface area contributed by atoms with Crippen LogP contribution in [0.4, 0.5) is 0 Å². The molecule has 0 bridgehead atoms. The highest BCUT2D eigenvalue weighted by Gasteiger charge is 2.24. The van der Waals surface area contributed by atoms with Crippen molar-refractivity contribution in [3.63, 3.8) is 0 Å². The number of sulfone groups is 1. The zero-order chi connectivity index (χ0) is 34.7. The first-order valence-electron chi connectivity index (χ1n) is 16.4.